The summed E-state index contributed by atoms with van der Waals surface area (Å²) in [6.45, 7) is 7.95. The Hall–Kier alpha value is -0.770. The molecule has 0 heterocycles. The van der Waals surface area contributed by atoms with E-state index in [2.05, 4.69) is 13.2 Å². The van der Waals surface area contributed by atoms with Gasteiger partial charge in [0, 0.05) is 0 Å². The predicted molar refractivity (Wildman–Crippen MR) is 60.7 cm³/mol. The molecule has 0 bridgehead atoms. The zero-order chi connectivity index (χ0) is 13.7. The van der Waals surface area contributed by atoms with E-state index in [1.54, 1.807) is 12.2 Å². The van der Waals surface area contributed by atoms with Crippen molar-refractivity contribution < 1.29 is 32.1 Å². The van der Waals surface area contributed by atoms with Crippen LogP contribution in [0.5, 0.6) is 0 Å². The van der Waals surface area contributed by atoms with Crippen LogP contribution in [0.15, 0.2) is 25.3 Å². The molecule has 1 unspecified atom stereocenters. The molecule has 0 aromatic carbocycles. The average molecular weight is 269 g/mol. The second-order valence-corrected chi connectivity index (χ2v) is 3.52. The van der Waals surface area contributed by atoms with Crippen LogP contribution in [-0.4, -0.2) is 50.1 Å². The van der Waals surface area contributed by atoms with Gasteiger partial charge in [0.1, 0.15) is 6.61 Å². The average Bonchev–Trinajstić information content (AvgIpc) is 2.21. The molecule has 0 amide bonds. The van der Waals surface area contributed by atoms with E-state index in [0.29, 0.717) is 13.2 Å². The Morgan fingerprint density at radius 1 is 1.29 bits per heavy atom. The third-order valence-electron chi connectivity index (χ3n) is 1.20. The summed E-state index contributed by atoms with van der Waals surface area (Å²) in [6, 6.07) is 0. The van der Waals surface area contributed by atoms with Gasteiger partial charge in [-0.15, -0.1) is 13.2 Å². The van der Waals surface area contributed by atoms with Crippen molar-refractivity contribution in [2.24, 2.45) is 0 Å². The zero-order valence-electron chi connectivity index (χ0n) is 9.32. The van der Waals surface area contributed by atoms with Crippen molar-refractivity contribution in [1.29, 1.82) is 0 Å². The lowest BCUT2D eigenvalue weighted by Gasteiger charge is -2.11. The van der Waals surface area contributed by atoms with Gasteiger partial charge in [-0.3, -0.25) is 9.11 Å². The first-order chi connectivity index (χ1) is 7.85. The van der Waals surface area contributed by atoms with Crippen molar-refractivity contribution in [1.82, 2.24) is 0 Å². The third kappa shape index (κ3) is 25.5. The van der Waals surface area contributed by atoms with E-state index in [0.717, 1.165) is 0 Å². The van der Waals surface area contributed by atoms with Crippen molar-refractivity contribution in [3.8, 4) is 0 Å². The van der Waals surface area contributed by atoms with E-state index in [1.807, 2.05) is 0 Å². The number of hydrogen-bond acceptors (Lipinski definition) is 4. The first kappa shape index (κ1) is 18.6. The molecule has 1 atom stereocenters. The van der Waals surface area contributed by atoms with E-state index < -0.39 is 10.4 Å². The molecule has 0 saturated heterocycles. The van der Waals surface area contributed by atoms with E-state index in [-0.39, 0.29) is 19.3 Å². The molecule has 17 heavy (non-hydrogen) atoms. The smallest absolute Gasteiger partial charge is 0.374 e. The highest BCUT2D eigenvalue weighted by Crippen LogP contribution is 1.94. The fraction of sp³-hybridized carbons (Fsp3) is 0.556. The maximum atomic E-state index is 10.1. The molecule has 0 aromatic rings. The molecule has 0 aliphatic carbocycles. The predicted octanol–water partition coefficient (Wildman–Crippen LogP) is 0.538. The van der Waals surface area contributed by atoms with Crippen molar-refractivity contribution >= 4 is 10.4 Å². The van der Waals surface area contributed by atoms with Crippen molar-refractivity contribution in [3.05, 3.63) is 25.3 Å². The Balaban J connectivity index is 0. The minimum Gasteiger partial charge on any atom is -0.374 e. The van der Waals surface area contributed by atoms with Crippen LogP contribution in [0.3, 0.4) is 0 Å². The van der Waals surface area contributed by atoms with Crippen LogP contribution in [0.25, 0.3) is 0 Å². The summed E-state index contributed by atoms with van der Waals surface area (Å²) in [5, 5.41) is 10.1. The van der Waals surface area contributed by atoms with Gasteiger partial charge >= 0.3 is 10.4 Å². The second-order valence-electron chi connectivity index (χ2n) is 2.62. The van der Waals surface area contributed by atoms with Crippen LogP contribution in [0.1, 0.15) is 0 Å². The molecule has 2 N–H and O–H groups in total. The van der Waals surface area contributed by atoms with E-state index in [9.17, 15) is 5.11 Å². The lowest BCUT2D eigenvalue weighted by atomic mass is 10.4. The van der Waals surface area contributed by atoms with Crippen molar-refractivity contribution in [2.45, 2.75) is 6.10 Å². The molecular formula is C9H17O7S. The van der Waals surface area contributed by atoms with Crippen molar-refractivity contribution in [3.63, 3.8) is 0 Å². The maximum Gasteiger partial charge on any atom is 0.394 e. The SMILES string of the molecule is C=CCOCC(C=C)OCC[O].O=S(=O)(O)O. The normalized spacial score (nSPS) is 12.2. The minimum absolute atomic E-state index is 0.182. The van der Waals surface area contributed by atoms with E-state index in [1.165, 1.54) is 0 Å². The van der Waals surface area contributed by atoms with E-state index >= 15 is 0 Å². The van der Waals surface area contributed by atoms with Gasteiger partial charge in [0.25, 0.3) is 0 Å². The molecule has 0 fully saturated rings. The Kier molecular flexibility index (Phi) is 12.8. The molecule has 0 aliphatic rings. The van der Waals surface area contributed by atoms with Gasteiger partial charge < -0.3 is 9.47 Å². The summed E-state index contributed by atoms with van der Waals surface area (Å²) in [5.74, 6) is 0. The van der Waals surface area contributed by atoms with Gasteiger partial charge in [0.2, 0.25) is 0 Å². The minimum atomic E-state index is -4.67. The van der Waals surface area contributed by atoms with Gasteiger partial charge in [-0.2, -0.15) is 8.42 Å². The topological polar surface area (TPSA) is 113 Å². The standard InChI is InChI=1S/C9H15O3.H2O4S/c1-3-6-11-8-9(4-2)12-7-5-10;1-5(2,3)4/h3-4,9H,1-2,5-8H2;(H2,1,2,3,4). The van der Waals surface area contributed by atoms with Gasteiger partial charge in [-0.1, -0.05) is 12.2 Å². The summed E-state index contributed by atoms with van der Waals surface area (Å²) in [7, 11) is -4.67. The van der Waals surface area contributed by atoms with Crippen LogP contribution in [0, 0.1) is 0 Å². The molecule has 0 rings (SSSR count). The lowest BCUT2D eigenvalue weighted by molar-refractivity contribution is -0.00807. The number of hydrogen-bond donors (Lipinski definition) is 2. The second kappa shape index (κ2) is 11.7. The Morgan fingerprint density at radius 2 is 1.82 bits per heavy atom. The Morgan fingerprint density at radius 3 is 2.18 bits per heavy atom. The van der Waals surface area contributed by atoms with Crippen LogP contribution in [0.2, 0.25) is 0 Å². The fourth-order valence-electron chi connectivity index (χ4n) is 0.651. The summed E-state index contributed by atoms with van der Waals surface area (Å²) < 4.78 is 41.8. The molecule has 0 saturated carbocycles. The summed E-state index contributed by atoms with van der Waals surface area (Å²) in [4.78, 5) is 0. The van der Waals surface area contributed by atoms with Crippen LogP contribution >= 0.6 is 0 Å². The monoisotopic (exact) mass is 269 g/mol. The first-order valence-electron chi connectivity index (χ1n) is 4.56. The summed E-state index contributed by atoms with van der Waals surface area (Å²) in [5.41, 5.74) is 0. The molecule has 0 aliphatic heterocycles. The van der Waals surface area contributed by atoms with Gasteiger partial charge in [-0.05, 0) is 0 Å². The fourth-order valence-corrected chi connectivity index (χ4v) is 0.651. The quantitative estimate of drug-likeness (QED) is 0.377. The van der Waals surface area contributed by atoms with Crippen LogP contribution < -0.4 is 0 Å². The van der Waals surface area contributed by atoms with Gasteiger partial charge in [0.05, 0.1) is 25.9 Å². The van der Waals surface area contributed by atoms with Crippen molar-refractivity contribution in [2.75, 3.05) is 26.4 Å². The highest BCUT2D eigenvalue weighted by atomic mass is 32.3. The molecule has 7 nitrogen and oxygen atoms in total. The summed E-state index contributed by atoms with van der Waals surface area (Å²) >= 11 is 0. The number of ether oxygens (including phenoxy) is 2. The zero-order valence-corrected chi connectivity index (χ0v) is 10.1. The molecule has 101 valence electrons. The van der Waals surface area contributed by atoms with Gasteiger partial charge in [-0.25, -0.2) is 5.11 Å². The highest BCUT2D eigenvalue weighted by Gasteiger charge is 2.02. The molecular weight excluding hydrogens is 252 g/mol. The first-order valence-corrected chi connectivity index (χ1v) is 5.95. The summed E-state index contributed by atoms with van der Waals surface area (Å²) in [6.07, 6.45) is 3.10. The van der Waals surface area contributed by atoms with Gasteiger partial charge in [0.15, 0.2) is 0 Å². The highest BCUT2D eigenvalue weighted by molar-refractivity contribution is 7.79. The Labute approximate surface area is 101 Å². The van der Waals surface area contributed by atoms with Crippen LogP contribution in [-0.2, 0) is 25.0 Å². The van der Waals surface area contributed by atoms with Crippen LogP contribution in [0.4, 0.5) is 0 Å². The largest absolute Gasteiger partial charge is 0.394 e. The Bertz CT molecular complexity index is 278. The number of rotatable bonds is 8. The van der Waals surface area contributed by atoms with E-state index in [4.69, 9.17) is 27.0 Å². The third-order valence-corrected chi connectivity index (χ3v) is 1.20. The molecule has 8 heteroatoms. The lowest BCUT2D eigenvalue weighted by Crippen LogP contribution is -2.18. The molecule has 0 aromatic heterocycles. The molecule has 1 radical (unpaired) electrons. The molecule has 0 spiro atoms. The maximum absolute atomic E-state index is 10.1.